The topological polar surface area (TPSA) is 92.0 Å². The van der Waals surface area contributed by atoms with Crippen LogP contribution >= 0.6 is 0 Å². The largest absolute Gasteiger partial charge is 0.465 e. The van der Waals surface area contributed by atoms with Crippen molar-refractivity contribution in [3.63, 3.8) is 0 Å². The Morgan fingerprint density at radius 2 is 2.19 bits per heavy atom. The fourth-order valence-electron chi connectivity index (χ4n) is 3.32. The van der Waals surface area contributed by atoms with Gasteiger partial charge in [0.05, 0.1) is 29.2 Å². The average Bonchev–Trinajstić information content (AvgIpc) is 3.03. The standard InChI is InChI=1S/C19H21N5O3/c1-12-5-13(3-4-14(12)7-20-19(25)26)18-17-6-15(8-24(17)22-11-21-18)23-9-16(10-23)27-2/h3-6,8,11,16,20H,7,9-10H2,1-2H3,(H,25,26). The van der Waals surface area contributed by atoms with Gasteiger partial charge in [0.2, 0.25) is 0 Å². The number of hydrogen-bond acceptors (Lipinski definition) is 5. The normalized spacial score (nSPS) is 14.4. The van der Waals surface area contributed by atoms with Crippen LogP contribution in [0.2, 0.25) is 0 Å². The predicted octanol–water partition coefficient (Wildman–Crippen LogP) is 2.31. The molecule has 2 aromatic heterocycles. The van der Waals surface area contributed by atoms with E-state index in [1.165, 1.54) is 0 Å². The smallest absolute Gasteiger partial charge is 0.404 e. The van der Waals surface area contributed by atoms with E-state index in [2.05, 4.69) is 26.4 Å². The van der Waals surface area contributed by atoms with E-state index < -0.39 is 6.09 Å². The number of hydrogen-bond donors (Lipinski definition) is 2. The van der Waals surface area contributed by atoms with Crippen LogP contribution in [-0.4, -0.2) is 52.1 Å². The first-order chi connectivity index (χ1) is 13.0. The molecule has 1 aromatic carbocycles. The van der Waals surface area contributed by atoms with Crippen LogP contribution in [0.15, 0.2) is 36.8 Å². The number of ether oxygens (including phenoxy) is 1. The highest BCUT2D eigenvalue weighted by Crippen LogP contribution is 2.30. The van der Waals surface area contributed by atoms with E-state index in [0.717, 1.165) is 46.7 Å². The molecule has 1 aliphatic rings. The van der Waals surface area contributed by atoms with Crippen LogP contribution < -0.4 is 10.2 Å². The molecule has 0 aliphatic carbocycles. The van der Waals surface area contributed by atoms with Gasteiger partial charge in [-0.3, -0.25) is 0 Å². The zero-order chi connectivity index (χ0) is 19.0. The molecule has 140 valence electrons. The van der Waals surface area contributed by atoms with Crippen molar-refractivity contribution in [2.45, 2.75) is 19.6 Å². The molecule has 0 bridgehead atoms. The van der Waals surface area contributed by atoms with Gasteiger partial charge in [0.15, 0.2) is 0 Å². The molecule has 1 fully saturated rings. The van der Waals surface area contributed by atoms with Crippen molar-refractivity contribution in [1.82, 2.24) is 19.9 Å². The lowest BCUT2D eigenvalue weighted by molar-refractivity contribution is 0.0788. The molecule has 4 rings (SSSR count). The van der Waals surface area contributed by atoms with Crippen LogP contribution in [0.25, 0.3) is 16.8 Å². The quantitative estimate of drug-likeness (QED) is 0.719. The summed E-state index contributed by atoms with van der Waals surface area (Å²) in [6.45, 7) is 4.00. The molecule has 27 heavy (non-hydrogen) atoms. The molecule has 3 heterocycles. The Bertz CT molecular complexity index is 994. The minimum absolute atomic E-state index is 0.283. The van der Waals surface area contributed by atoms with Crippen molar-refractivity contribution in [3.8, 4) is 11.3 Å². The number of aromatic nitrogens is 3. The molecule has 2 N–H and O–H groups in total. The second kappa shape index (κ2) is 6.88. The lowest BCUT2D eigenvalue weighted by Gasteiger charge is -2.39. The van der Waals surface area contributed by atoms with Gasteiger partial charge in [-0.2, -0.15) is 5.10 Å². The number of amides is 1. The Hall–Kier alpha value is -3.13. The summed E-state index contributed by atoms with van der Waals surface area (Å²) in [6, 6.07) is 8.02. The summed E-state index contributed by atoms with van der Waals surface area (Å²) in [5.41, 5.74) is 5.81. The summed E-state index contributed by atoms with van der Waals surface area (Å²) < 4.78 is 7.19. The molecule has 0 spiro atoms. The van der Waals surface area contributed by atoms with Gasteiger partial charge in [-0.1, -0.05) is 12.1 Å². The van der Waals surface area contributed by atoms with Gasteiger partial charge in [0.25, 0.3) is 0 Å². The van der Waals surface area contributed by atoms with E-state index >= 15 is 0 Å². The summed E-state index contributed by atoms with van der Waals surface area (Å²) in [7, 11) is 1.74. The number of fused-ring (bicyclic) bond motifs is 1. The van der Waals surface area contributed by atoms with E-state index in [1.807, 2.05) is 35.8 Å². The van der Waals surface area contributed by atoms with Crippen molar-refractivity contribution in [3.05, 3.63) is 47.9 Å². The Labute approximate surface area is 156 Å². The Morgan fingerprint density at radius 3 is 2.89 bits per heavy atom. The maximum atomic E-state index is 10.7. The molecule has 0 atom stereocenters. The van der Waals surface area contributed by atoms with Gasteiger partial charge in [0, 0.05) is 32.3 Å². The van der Waals surface area contributed by atoms with E-state index in [-0.39, 0.29) is 12.6 Å². The number of methoxy groups -OCH3 is 1. The van der Waals surface area contributed by atoms with Crippen LogP contribution in [-0.2, 0) is 11.3 Å². The molecule has 1 saturated heterocycles. The maximum Gasteiger partial charge on any atom is 0.404 e. The molecule has 1 aliphatic heterocycles. The van der Waals surface area contributed by atoms with Crippen LogP contribution in [0.4, 0.5) is 10.5 Å². The van der Waals surface area contributed by atoms with E-state index in [4.69, 9.17) is 9.84 Å². The van der Waals surface area contributed by atoms with Crippen molar-refractivity contribution in [2.24, 2.45) is 0 Å². The third-order valence-corrected chi connectivity index (χ3v) is 4.98. The number of carbonyl (C=O) groups is 1. The monoisotopic (exact) mass is 367 g/mol. The lowest BCUT2D eigenvalue weighted by atomic mass is 10.0. The molecule has 8 heteroatoms. The van der Waals surface area contributed by atoms with Gasteiger partial charge in [-0.15, -0.1) is 0 Å². The molecule has 0 saturated carbocycles. The number of nitrogens with one attached hydrogen (secondary N) is 1. The third-order valence-electron chi connectivity index (χ3n) is 4.98. The van der Waals surface area contributed by atoms with Gasteiger partial charge in [-0.05, 0) is 30.2 Å². The first kappa shape index (κ1) is 17.3. The molecule has 0 radical (unpaired) electrons. The number of anilines is 1. The first-order valence-electron chi connectivity index (χ1n) is 8.73. The zero-order valence-electron chi connectivity index (χ0n) is 15.2. The van der Waals surface area contributed by atoms with Gasteiger partial charge < -0.3 is 20.1 Å². The van der Waals surface area contributed by atoms with Crippen LogP contribution in [0.5, 0.6) is 0 Å². The van der Waals surface area contributed by atoms with E-state index in [9.17, 15) is 4.79 Å². The number of aryl methyl sites for hydroxylation is 1. The summed E-state index contributed by atoms with van der Waals surface area (Å²) >= 11 is 0. The van der Waals surface area contributed by atoms with Crippen LogP contribution in [0.1, 0.15) is 11.1 Å². The fraction of sp³-hybridized carbons (Fsp3) is 0.316. The SMILES string of the molecule is COC1CN(c2cc3c(-c4ccc(CNC(=O)O)c(C)c4)ncnn3c2)C1. The summed E-state index contributed by atoms with van der Waals surface area (Å²) in [6.07, 6.45) is 2.81. The molecule has 1 amide bonds. The highest BCUT2D eigenvalue weighted by Gasteiger charge is 2.27. The van der Waals surface area contributed by atoms with Gasteiger partial charge >= 0.3 is 6.09 Å². The summed E-state index contributed by atoms with van der Waals surface area (Å²) in [5.74, 6) is 0. The minimum Gasteiger partial charge on any atom is -0.465 e. The predicted molar refractivity (Wildman–Crippen MR) is 101 cm³/mol. The maximum absolute atomic E-state index is 10.7. The second-order valence-corrected chi connectivity index (χ2v) is 6.70. The highest BCUT2D eigenvalue weighted by molar-refractivity contribution is 5.80. The third kappa shape index (κ3) is 3.31. The molecular weight excluding hydrogens is 346 g/mol. The number of rotatable bonds is 5. The molecule has 8 nitrogen and oxygen atoms in total. The highest BCUT2D eigenvalue weighted by atomic mass is 16.5. The van der Waals surface area contributed by atoms with Crippen LogP contribution in [0.3, 0.4) is 0 Å². The molecular formula is C19H21N5O3. The fourth-order valence-corrected chi connectivity index (χ4v) is 3.32. The van der Waals surface area contributed by atoms with E-state index in [1.54, 1.807) is 13.4 Å². The van der Waals surface area contributed by atoms with Crippen molar-refractivity contribution in [2.75, 3.05) is 25.1 Å². The van der Waals surface area contributed by atoms with Crippen molar-refractivity contribution in [1.29, 1.82) is 0 Å². The number of benzene rings is 1. The second-order valence-electron chi connectivity index (χ2n) is 6.70. The lowest BCUT2D eigenvalue weighted by Crippen LogP contribution is -2.51. The average molecular weight is 367 g/mol. The van der Waals surface area contributed by atoms with Crippen molar-refractivity contribution < 1.29 is 14.6 Å². The number of carboxylic acid groups (broad SMARTS) is 1. The van der Waals surface area contributed by atoms with Crippen molar-refractivity contribution >= 4 is 17.3 Å². The Morgan fingerprint density at radius 1 is 1.37 bits per heavy atom. The Balaban J connectivity index is 1.64. The molecule has 3 aromatic rings. The first-order valence-corrected chi connectivity index (χ1v) is 8.73. The van der Waals surface area contributed by atoms with Gasteiger partial charge in [-0.25, -0.2) is 14.3 Å². The number of nitrogens with zero attached hydrogens (tertiary/aromatic N) is 4. The van der Waals surface area contributed by atoms with E-state index in [0.29, 0.717) is 0 Å². The zero-order valence-corrected chi connectivity index (χ0v) is 15.2. The molecule has 0 unspecified atom stereocenters. The Kier molecular flexibility index (Phi) is 4.41. The summed E-state index contributed by atoms with van der Waals surface area (Å²) in [5, 5.41) is 15.5. The minimum atomic E-state index is -1.03. The van der Waals surface area contributed by atoms with Gasteiger partial charge in [0.1, 0.15) is 6.33 Å². The van der Waals surface area contributed by atoms with Crippen LogP contribution in [0, 0.1) is 6.92 Å². The summed E-state index contributed by atoms with van der Waals surface area (Å²) in [4.78, 5) is 17.4.